The molecule has 0 fully saturated rings. The molecule has 0 radical (unpaired) electrons. The Morgan fingerprint density at radius 1 is 1.50 bits per heavy atom. The van der Waals surface area contributed by atoms with Gasteiger partial charge >= 0.3 is 5.97 Å². The number of hydrogen-bond donors (Lipinski definition) is 1. The molecule has 0 aliphatic rings. The summed E-state index contributed by atoms with van der Waals surface area (Å²) in [6, 6.07) is 9.13. The van der Waals surface area contributed by atoms with Gasteiger partial charge in [0.05, 0.1) is 12.3 Å². The maximum absolute atomic E-state index is 11.8. The van der Waals surface area contributed by atoms with Crippen molar-refractivity contribution >= 4 is 34.6 Å². The first-order valence-corrected chi connectivity index (χ1v) is 7.63. The molecule has 1 aromatic heterocycles. The molecule has 0 bridgehead atoms. The van der Waals surface area contributed by atoms with E-state index in [0.29, 0.717) is 10.1 Å². The maximum Gasteiger partial charge on any atom is 0.350 e. The summed E-state index contributed by atoms with van der Waals surface area (Å²) in [5.41, 5.74) is 6.91. The number of nitrogen functional groups attached to an aromatic ring is 1. The van der Waals surface area contributed by atoms with Crippen molar-refractivity contribution in [2.24, 2.45) is 0 Å². The Hall–Kier alpha value is -2.23. The molecule has 114 valence electrons. The zero-order valence-electron chi connectivity index (χ0n) is 11.8. The van der Waals surface area contributed by atoms with Crippen LogP contribution in [0.15, 0.2) is 24.3 Å². The Labute approximate surface area is 136 Å². The van der Waals surface area contributed by atoms with Crippen LogP contribution in [0.3, 0.4) is 0 Å². The molecule has 5 nitrogen and oxygen atoms in total. The minimum absolute atomic E-state index is 0.0899. The number of anilines is 1. The van der Waals surface area contributed by atoms with Crippen molar-refractivity contribution in [2.45, 2.75) is 13.5 Å². The summed E-state index contributed by atoms with van der Waals surface area (Å²) < 4.78 is 10.5. The Morgan fingerprint density at radius 3 is 2.91 bits per heavy atom. The number of rotatable bonds is 5. The lowest BCUT2D eigenvalue weighted by atomic mass is 10.2. The monoisotopic (exact) mass is 336 g/mol. The third kappa shape index (κ3) is 3.50. The van der Waals surface area contributed by atoms with Crippen LogP contribution in [-0.4, -0.2) is 12.6 Å². The molecule has 2 rings (SSSR count). The fourth-order valence-electron chi connectivity index (χ4n) is 1.75. The Bertz CT molecular complexity index is 737. The van der Waals surface area contributed by atoms with Crippen LogP contribution in [0.1, 0.15) is 27.7 Å². The number of nitrogens with zero attached hydrogens (tertiary/aromatic N) is 1. The highest BCUT2D eigenvalue weighted by molar-refractivity contribution is 7.16. The SMILES string of the molecule is CCOC(=O)c1sc(OCc2cccc(Cl)c2)c(C#N)c1N. The lowest BCUT2D eigenvalue weighted by Gasteiger charge is -2.04. The number of nitrogens with two attached hydrogens (primary N) is 1. The number of hydrogen-bond acceptors (Lipinski definition) is 6. The summed E-state index contributed by atoms with van der Waals surface area (Å²) in [4.78, 5) is 12.0. The zero-order chi connectivity index (χ0) is 16.1. The van der Waals surface area contributed by atoms with Crippen molar-refractivity contribution in [3.05, 3.63) is 45.3 Å². The third-order valence-corrected chi connectivity index (χ3v) is 4.08. The number of thiophene rings is 1. The van der Waals surface area contributed by atoms with Crippen LogP contribution in [0, 0.1) is 11.3 Å². The van der Waals surface area contributed by atoms with Crippen molar-refractivity contribution in [1.29, 1.82) is 5.26 Å². The predicted octanol–water partition coefficient (Wildman–Crippen LogP) is 3.61. The number of esters is 1. The number of halogens is 1. The van der Waals surface area contributed by atoms with Gasteiger partial charge in [-0.05, 0) is 24.6 Å². The first-order valence-electron chi connectivity index (χ1n) is 6.43. The minimum Gasteiger partial charge on any atom is -0.478 e. The van der Waals surface area contributed by atoms with Crippen molar-refractivity contribution in [1.82, 2.24) is 0 Å². The topological polar surface area (TPSA) is 85.3 Å². The highest BCUT2D eigenvalue weighted by atomic mass is 35.5. The van der Waals surface area contributed by atoms with E-state index in [0.717, 1.165) is 16.9 Å². The summed E-state index contributed by atoms with van der Waals surface area (Å²) in [5.74, 6) is -0.556. The van der Waals surface area contributed by atoms with Gasteiger partial charge in [-0.25, -0.2) is 4.79 Å². The van der Waals surface area contributed by atoms with E-state index in [1.54, 1.807) is 25.1 Å². The number of benzene rings is 1. The number of carbonyl (C=O) groups is 1. The van der Waals surface area contributed by atoms with Gasteiger partial charge in [-0.1, -0.05) is 35.1 Å². The fraction of sp³-hybridized carbons (Fsp3) is 0.200. The molecule has 0 saturated carbocycles. The molecular weight excluding hydrogens is 324 g/mol. The average molecular weight is 337 g/mol. The standard InChI is InChI=1S/C15H13ClN2O3S/c1-2-20-14(19)13-12(18)11(7-17)15(22-13)21-8-9-4-3-5-10(16)6-9/h3-6H,2,8,18H2,1H3. The van der Waals surface area contributed by atoms with Crippen LogP contribution in [0.2, 0.25) is 5.02 Å². The van der Waals surface area contributed by atoms with Crippen LogP contribution in [-0.2, 0) is 11.3 Å². The van der Waals surface area contributed by atoms with Gasteiger partial charge in [0.25, 0.3) is 0 Å². The van der Waals surface area contributed by atoms with E-state index in [1.807, 2.05) is 12.1 Å². The maximum atomic E-state index is 11.8. The Morgan fingerprint density at radius 2 is 2.27 bits per heavy atom. The molecule has 2 aromatic rings. The molecule has 0 spiro atoms. The Kier molecular flexibility index (Phi) is 5.26. The molecule has 0 saturated heterocycles. The van der Waals surface area contributed by atoms with Gasteiger partial charge in [-0.2, -0.15) is 5.26 Å². The summed E-state index contributed by atoms with van der Waals surface area (Å²) in [5, 5.41) is 10.1. The van der Waals surface area contributed by atoms with Crippen molar-refractivity contribution in [3.63, 3.8) is 0 Å². The van der Waals surface area contributed by atoms with E-state index < -0.39 is 5.97 Å². The highest BCUT2D eigenvalue weighted by Gasteiger charge is 2.23. The number of ether oxygens (including phenoxy) is 2. The van der Waals surface area contributed by atoms with Crippen LogP contribution >= 0.6 is 22.9 Å². The summed E-state index contributed by atoms with van der Waals surface area (Å²) in [6.07, 6.45) is 0. The Balaban J connectivity index is 2.22. The van der Waals surface area contributed by atoms with E-state index in [1.165, 1.54) is 0 Å². The van der Waals surface area contributed by atoms with E-state index in [4.69, 9.17) is 26.8 Å². The van der Waals surface area contributed by atoms with Crippen LogP contribution in [0.5, 0.6) is 5.06 Å². The first-order chi connectivity index (χ1) is 10.6. The molecular formula is C15H13ClN2O3S. The first kappa shape index (κ1) is 16.1. The second kappa shape index (κ2) is 7.16. The van der Waals surface area contributed by atoms with Crippen LogP contribution < -0.4 is 10.5 Å². The van der Waals surface area contributed by atoms with Gasteiger partial charge in [0.2, 0.25) is 0 Å². The normalized spacial score (nSPS) is 10.0. The van der Waals surface area contributed by atoms with Gasteiger partial charge in [0, 0.05) is 5.02 Å². The second-order valence-corrected chi connectivity index (χ2v) is 5.68. The molecule has 0 aliphatic heterocycles. The van der Waals surface area contributed by atoms with E-state index in [9.17, 15) is 10.1 Å². The van der Waals surface area contributed by atoms with Gasteiger partial charge in [0.1, 0.15) is 23.1 Å². The molecule has 1 heterocycles. The lowest BCUT2D eigenvalue weighted by Crippen LogP contribution is -2.05. The largest absolute Gasteiger partial charge is 0.478 e. The highest BCUT2D eigenvalue weighted by Crippen LogP contribution is 2.38. The third-order valence-electron chi connectivity index (χ3n) is 2.74. The van der Waals surface area contributed by atoms with Crippen LogP contribution in [0.4, 0.5) is 5.69 Å². The molecule has 0 aliphatic carbocycles. The van der Waals surface area contributed by atoms with Gasteiger partial charge in [-0.15, -0.1) is 0 Å². The van der Waals surface area contributed by atoms with E-state index in [-0.39, 0.29) is 29.3 Å². The number of carbonyl (C=O) groups excluding carboxylic acids is 1. The fourth-order valence-corrected chi connectivity index (χ4v) is 2.88. The molecule has 0 unspecified atom stereocenters. The molecule has 1 aromatic carbocycles. The molecule has 0 atom stereocenters. The van der Waals surface area contributed by atoms with E-state index >= 15 is 0 Å². The minimum atomic E-state index is -0.556. The molecule has 2 N–H and O–H groups in total. The molecule has 0 amide bonds. The summed E-state index contributed by atoms with van der Waals surface area (Å²) >= 11 is 6.91. The zero-order valence-corrected chi connectivity index (χ0v) is 13.3. The van der Waals surface area contributed by atoms with Crippen molar-refractivity contribution < 1.29 is 14.3 Å². The van der Waals surface area contributed by atoms with Gasteiger partial charge in [0.15, 0.2) is 5.06 Å². The smallest absolute Gasteiger partial charge is 0.350 e. The molecule has 7 heteroatoms. The lowest BCUT2D eigenvalue weighted by molar-refractivity contribution is 0.0533. The van der Waals surface area contributed by atoms with Crippen molar-refractivity contribution in [3.8, 4) is 11.1 Å². The van der Waals surface area contributed by atoms with Crippen LogP contribution in [0.25, 0.3) is 0 Å². The number of nitriles is 1. The quantitative estimate of drug-likeness (QED) is 0.843. The van der Waals surface area contributed by atoms with E-state index in [2.05, 4.69) is 0 Å². The van der Waals surface area contributed by atoms with Gasteiger partial charge < -0.3 is 15.2 Å². The summed E-state index contributed by atoms with van der Waals surface area (Å²) in [7, 11) is 0. The van der Waals surface area contributed by atoms with Crippen molar-refractivity contribution in [2.75, 3.05) is 12.3 Å². The average Bonchev–Trinajstić information content (AvgIpc) is 2.81. The molecule has 22 heavy (non-hydrogen) atoms. The summed E-state index contributed by atoms with van der Waals surface area (Å²) in [6.45, 7) is 2.15. The van der Waals surface area contributed by atoms with Gasteiger partial charge in [-0.3, -0.25) is 0 Å². The second-order valence-electron chi connectivity index (χ2n) is 4.26. The predicted molar refractivity (Wildman–Crippen MR) is 85.2 cm³/mol.